The maximum absolute atomic E-state index is 8.83. The molecule has 2 bridgehead atoms. The molecule has 94 valence electrons. The molecule has 0 aromatic carbocycles. The van der Waals surface area contributed by atoms with Crippen molar-refractivity contribution in [1.29, 1.82) is 5.26 Å². The molecule has 3 aliphatic rings. The van der Waals surface area contributed by atoms with Crippen LogP contribution >= 0.6 is 0 Å². The van der Waals surface area contributed by atoms with Crippen molar-refractivity contribution in [3.8, 4) is 6.07 Å². The fraction of sp³-hybridized carbons (Fsp3) is 0.933. The van der Waals surface area contributed by atoms with Crippen LogP contribution in [0.1, 0.15) is 51.9 Å². The molecule has 3 saturated carbocycles. The van der Waals surface area contributed by atoms with Crippen molar-refractivity contribution in [3.05, 3.63) is 0 Å². The van der Waals surface area contributed by atoms with Crippen LogP contribution in [0.4, 0.5) is 0 Å². The Labute approximate surface area is 105 Å². The third-order valence-electron chi connectivity index (χ3n) is 5.65. The Morgan fingerprint density at radius 2 is 2.18 bits per heavy atom. The zero-order valence-electron chi connectivity index (χ0n) is 10.9. The predicted molar refractivity (Wildman–Crippen MR) is 68.3 cm³/mol. The first-order valence-electron chi connectivity index (χ1n) is 7.33. The van der Waals surface area contributed by atoms with Crippen LogP contribution in [0.2, 0.25) is 0 Å². The first kappa shape index (κ1) is 11.5. The molecule has 0 spiro atoms. The lowest BCUT2D eigenvalue weighted by Gasteiger charge is -2.29. The van der Waals surface area contributed by atoms with Gasteiger partial charge in [-0.1, -0.05) is 6.42 Å². The minimum atomic E-state index is 0.362. The summed E-state index contributed by atoms with van der Waals surface area (Å²) >= 11 is 0. The summed E-state index contributed by atoms with van der Waals surface area (Å²) < 4.78 is 0. The highest BCUT2D eigenvalue weighted by atomic mass is 14.9. The molecular weight excluding hydrogens is 208 g/mol. The van der Waals surface area contributed by atoms with Gasteiger partial charge in [0, 0.05) is 19.0 Å². The molecule has 0 heterocycles. The summed E-state index contributed by atoms with van der Waals surface area (Å²) in [7, 11) is 0. The Balaban J connectivity index is 1.48. The summed E-state index contributed by atoms with van der Waals surface area (Å²) in [6.45, 7) is 3.45. The van der Waals surface area contributed by atoms with Gasteiger partial charge in [0.25, 0.3) is 0 Å². The second-order valence-corrected chi connectivity index (χ2v) is 6.84. The van der Waals surface area contributed by atoms with Crippen molar-refractivity contribution >= 4 is 0 Å². The van der Waals surface area contributed by atoms with Gasteiger partial charge in [0.05, 0.1) is 6.07 Å². The van der Waals surface area contributed by atoms with Gasteiger partial charge in [-0.3, -0.25) is 0 Å². The summed E-state index contributed by atoms with van der Waals surface area (Å²) in [5.41, 5.74) is 0.362. The van der Waals surface area contributed by atoms with E-state index in [0.717, 1.165) is 30.7 Å². The van der Waals surface area contributed by atoms with E-state index >= 15 is 0 Å². The van der Waals surface area contributed by atoms with Crippen molar-refractivity contribution in [2.24, 2.45) is 23.2 Å². The Kier molecular flexibility index (Phi) is 2.91. The van der Waals surface area contributed by atoms with Crippen LogP contribution in [0.25, 0.3) is 0 Å². The van der Waals surface area contributed by atoms with Gasteiger partial charge in [0.1, 0.15) is 0 Å². The zero-order chi connectivity index (χ0) is 11.9. The predicted octanol–water partition coefficient (Wildman–Crippen LogP) is 3.09. The third kappa shape index (κ3) is 2.22. The molecule has 0 aliphatic heterocycles. The monoisotopic (exact) mass is 232 g/mol. The Hall–Kier alpha value is -0.550. The lowest BCUT2D eigenvalue weighted by Crippen LogP contribution is -2.39. The Bertz CT molecular complexity index is 326. The second-order valence-electron chi connectivity index (χ2n) is 6.84. The molecule has 0 aromatic heterocycles. The molecular formula is C15H24N2. The van der Waals surface area contributed by atoms with E-state index in [1.54, 1.807) is 0 Å². The minimum absolute atomic E-state index is 0.362. The number of hydrogen-bond acceptors (Lipinski definition) is 2. The molecule has 2 nitrogen and oxygen atoms in total. The van der Waals surface area contributed by atoms with E-state index in [1.807, 2.05) is 0 Å². The molecule has 3 aliphatic carbocycles. The maximum Gasteiger partial charge on any atom is 0.0628 e. The highest BCUT2D eigenvalue weighted by molar-refractivity contribution is 5.02. The van der Waals surface area contributed by atoms with Crippen LogP contribution in [0.15, 0.2) is 0 Å². The van der Waals surface area contributed by atoms with Crippen molar-refractivity contribution in [3.63, 3.8) is 0 Å². The number of nitrogens with one attached hydrogen (secondary N) is 1. The molecule has 0 amide bonds. The van der Waals surface area contributed by atoms with Gasteiger partial charge in [0.15, 0.2) is 0 Å². The van der Waals surface area contributed by atoms with Gasteiger partial charge in [-0.2, -0.15) is 5.26 Å². The maximum atomic E-state index is 8.83. The summed E-state index contributed by atoms with van der Waals surface area (Å²) in [6.07, 6.45) is 9.21. The van der Waals surface area contributed by atoms with Gasteiger partial charge < -0.3 is 5.32 Å². The molecule has 0 aromatic rings. The van der Waals surface area contributed by atoms with Gasteiger partial charge in [-0.15, -0.1) is 0 Å². The quantitative estimate of drug-likeness (QED) is 0.790. The fourth-order valence-corrected chi connectivity index (χ4v) is 4.20. The van der Waals surface area contributed by atoms with E-state index in [1.165, 1.54) is 38.5 Å². The van der Waals surface area contributed by atoms with Crippen LogP contribution in [0.3, 0.4) is 0 Å². The van der Waals surface area contributed by atoms with Crippen molar-refractivity contribution in [1.82, 2.24) is 5.32 Å². The number of hydrogen-bond donors (Lipinski definition) is 1. The van der Waals surface area contributed by atoms with Gasteiger partial charge >= 0.3 is 0 Å². The average Bonchev–Trinajstić information content (AvgIpc) is 2.79. The molecule has 2 heteroatoms. The van der Waals surface area contributed by atoms with Gasteiger partial charge in [0.2, 0.25) is 0 Å². The summed E-state index contributed by atoms with van der Waals surface area (Å²) in [4.78, 5) is 0. The van der Waals surface area contributed by atoms with E-state index in [4.69, 9.17) is 5.26 Å². The lowest BCUT2D eigenvalue weighted by atomic mass is 9.83. The van der Waals surface area contributed by atoms with Crippen LogP contribution in [-0.2, 0) is 0 Å². The largest absolute Gasteiger partial charge is 0.313 e. The molecule has 0 radical (unpaired) electrons. The van der Waals surface area contributed by atoms with E-state index < -0.39 is 0 Å². The Morgan fingerprint density at radius 1 is 1.35 bits per heavy atom. The standard InChI is InChI=1S/C15H24N2/c1-11(14-9-12-2-3-13(14)8-12)17-10-15(4-5-15)6-7-16/h11-14,17H,2-6,8-10H2,1H3. The van der Waals surface area contributed by atoms with Gasteiger partial charge in [-0.25, -0.2) is 0 Å². The summed E-state index contributed by atoms with van der Waals surface area (Å²) in [6, 6.07) is 3.02. The van der Waals surface area contributed by atoms with Crippen LogP contribution in [-0.4, -0.2) is 12.6 Å². The molecule has 4 unspecified atom stereocenters. The SMILES string of the molecule is CC(NCC1(CC#N)CC1)C1CC2CCC1C2. The van der Waals surface area contributed by atoms with Crippen molar-refractivity contribution in [2.45, 2.75) is 57.9 Å². The molecule has 17 heavy (non-hydrogen) atoms. The average molecular weight is 232 g/mol. The van der Waals surface area contributed by atoms with Crippen LogP contribution in [0.5, 0.6) is 0 Å². The molecule has 4 atom stereocenters. The fourth-order valence-electron chi connectivity index (χ4n) is 4.20. The van der Waals surface area contributed by atoms with Crippen LogP contribution in [0, 0.1) is 34.5 Å². The number of rotatable bonds is 5. The van der Waals surface area contributed by atoms with E-state index in [9.17, 15) is 0 Å². The summed E-state index contributed by atoms with van der Waals surface area (Å²) in [5, 5.41) is 12.6. The first-order valence-corrected chi connectivity index (χ1v) is 7.33. The normalized spacial score (nSPS) is 38.9. The van der Waals surface area contributed by atoms with Gasteiger partial charge in [-0.05, 0) is 62.2 Å². The molecule has 3 rings (SSSR count). The number of nitrogens with zero attached hydrogens (tertiary/aromatic N) is 1. The van der Waals surface area contributed by atoms with Crippen LogP contribution < -0.4 is 5.32 Å². The van der Waals surface area contributed by atoms with E-state index in [0.29, 0.717) is 11.5 Å². The Morgan fingerprint density at radius 3 is 2.71 bits per heavy atom. The molecule has 0 saturated heterocycles. The lowest BCUT2D eigenvalue weighted by molar-refractivity contribution is 0.249. The first-order chi connectivity index (χ1) is 8.22. The molecule has 1 N–H and O–H groups in total. The second kappa shape index (κ2) is 4.28. The number of fused-ring (bicyclic) bond motifs is 2. The van der Waals surface area contributed by atoms with Crippen molar-refractivity contribution < 1.29 is 0 Å². The van der Waals surface area contributed by atoms with E-state index in [2.05, 4.69) is 18.3 Å². The third-order valence-corrected chi connectivity index (χ3v) is 5.65. The smallest absolute Gasteiger partial charge is 0.0628 e. The highest BCUT2D eigenvalue weighted by Gasteiger charge is 2.45. The number of nitriles is 1. The zero-order valence-corrected chi connectivity index (χ0v) is 10.9. The topological polar surface area (TPSA) is 35.8 Å². The van der Waals surface area contributed by atoms with E-state index in [-0.39, 0.29) is 0 Å². The summed E-state index contributed by atoms with van der Waals surface area (Å²) in [5.74, 6) is 2.98. The van der Waals surface area contributed by atoms with Crippen molar-refractivity contribution in [2.75, 3.05) is 6.54 Å². The minimum Gasteiger partial charge on any atom is -0.313 e. The molecule has 3 fully saturated rings. The highest BCUT2D eigenvalue weighted by Crippen LogP contribution is 2.51.